The highest BCUT2D eigenvalue weighted by atomic mass is 32.2. The Hall–Kier alpha value is -3.07. The average molecular weight is 461 g/mol. The van der Waals surface area contributed by atoms with Gasteiger partial charge in [-0.25, -0.2) is 13.2 Å². The number of carbonyl (C=O) groups excluding carboxylic acids is 2. The number of alkyl carbamates (subject to hydrolysis) is 1. The fourth-order valence-electron chi connectivity index (χ4n) is 3.56. The molecule has 0 aliphatic carbocycles. The molecular formula is C23H28N2O6S. The van der Waals surface area contributed by atoms with Gasteiger partial charge in [0.05, 0.1) is 23.8 Å². The Morgan fingerprint density at radius 2 is 1.94 bits per heavy atom. The van der Waals surface area contributed by atoms with Gasteiger partial charge < -0.3 is 20.1 Å². The van der Waals surface area contributed by atoms with Gasteiger partial charge in [0, 0.05) is 5.56 Å². The topological polar surface area (TPSA) is 111 Å². The van der Waals surface area contributed by atoms with E-state index in [4.69, 9.17) is 4.74 Å². The lowest BCUT2D eigenvalue weighted by Gasteiger charge is -2.21. The second-order valence-electron chi connectivity index (χ2n) is 7.75. The minimum Gasteiger partial charge on any atom is -0.491 e. The Morgan fingerprint density at radius 1 is 1.16 bits per heavy atom. The van der Waals surface area contributed by atoms with E-state index in [2.05, 4.69) is 15.4 Å². The van der Waals surface area contributed by atoms with E-state index in [1.54, 1.807) is 42.5 Å². The minimum absolute atomic E-state index is 0.0663. The van der Waals surface area contributed by atoms with Crippen LogP contribution in [0.1, 0.15) is 26.2 Å². The summed E-state index contributed by atoms with van der Waals surface area (Å²) in [6, 6.07) is 13.0. The molecule has 0 radical (unpaired) electrons. The van der Waals surface area contributed by atoms with Gasteiger partial charge in [0.25, 0.3) is 0 Å². The van der Waals surface area contributed by atoms with Gasteiger partial charge in [-0.05, 0) is 49.9 Å². The van der Waals surface area contributed by atoms with Crippen molar-refractivity contribution < 1.29 is 27.5 Å². The number of rotatable bonds is 1. The number of benzene rings is 2. The number of methoxy groups -OCH3 is 1. The van der Waals surface area contributed by atoms with Crippen LogP contribution in [-0.4, -0.2) is 52.0 Å². The molecule has 0 fully saturated rings. The summed E-state index contributed by atoms with van der Waals surface area (Å²) < 4.78 is 36.6. The molecule has 0 spiro atoms. The highest BCUT2D eigenvalue weighted by Gasteiger charge is 2.24. The summed E-state index contributed by atoms with van der Waals surface area (Å²) in [5.74, 6) is 0.121. The van der Waals surface area contributed by atoms with Crippen LogP contribution in [0.15, 0.2) is 53.4 Å². The molecule has 0 aromatic heterocycles. The second kappa shape index (κ2) is 10.5. The number of amides is 2. The van der Waals surface area contributed by atoms with Crippen LogP contribution >= 0.6 is 0 Å². The maximum absolute atomic E-state index is 13.1. The lowest BCUT2D eigenvalue weighted by Crippen LogP contribution is -2.50. The zero-order chi connectivity index (χ0) is 23.1. The van der Waals surface area contributed by atoms with Gasteiger partial charge in [-0.2, -0.15) is 0 Å². The van der Waals surface area contributed by atoms with E-state index < -0.39 is 22.0 Å². The largest absolute Gasteiger partial charge is 0.491 e. The first kappa shape index (κ1) is 23.6. The number of sulfone groups is 1. The van der Waals surface area contributed by atoms with Crippen LogP contribution in [0.25, 0.3) is 11.1 Å². The summed E-state index contributed by atoms with van der Waals surface area (Å²) in [6.45, 7) is 2.02. The van der Waals surface area contributed by atoms with Gasteiger partial charge in [0.2, 0.25) is 5.91 Å². The molecule has 8 nitrogen and oxygen atoms in total. The third kappa shape index (κ3) is 6.00. The molecule has 2 N–H and O–H groups in total. The van der Waals surface area contributed by atoms with Gasteiger partial charge >= 0.3 is 6.09 Å². The van der Waals surface area contributed by atoms with Gasteiger partial charge in [0.1, 0.15) is 18.4 Å². The first-order valence-electron chi connectivity index (χ1n) is 10.5. The Kier molecular flexibility index (Phi) is 7.74. The molecule has 2 aromatic carbocycles. The van der Waals surface area contributed by atoms with E-state index in [1.807, 2.05) is 13.0 Å². The number of hydrogen-bond acceptors (Lipinski definition) is 6. The van der Waals surface area contributed by atoms with Crippen molar-refractivity contribution >= 4 is 21.8 Å². The monoisotopic (exact) mass is 460 g/mol. The third-order valence-electron chi connectivity index (χ3n) is 5.21. The number of hydrogen-bond donors (Lipinski definition) is 2. The van der Waals surface area contributed by atoms with E-state index in [0.717, 1.165) is 5.56 Å². The molecule has 3 rings (SSSR count). The highest BCUT2D eigenvalue weighted by Crippen LogP contribution is 2.31. The van der Waals surface area contributed by atoms with E-state index in [-0.39, 0.29) is 35.6 Å². The van der Waals surface area contributed by atoms with Gasteiger partial charge in [-0.3, -0.25) is 4.79 Å². The fraction of sp³-hybridized carbons (Fsp3) is 0.391. The molecule has 0 unspecified atom stereocenters. The van der Waals surface area contributed by atoms with Gasteiger partial charge in [-0.1, -0.05) is 30.3 Å². The molecule has 0 saturated carbocycles. The summed E-state index contributed by atoms with van der Waals surface area (Å²) in [7, 11) is -2.34. The Morgan fingerprint density at radius 3 is 2.72 bits per heavy atom. The zero-order valence-corrected chi connectivity index (χ0v) is 19.0. The van der Waals surface area contributed by atoms with Crippen molar-refractivity contribution in [1.82, 2.24) is 10.6 Å². The molecule has 9 heteroatoms. The highest BCUT2D eigenvalue weighted by molar-refractivity contribution is 7.91. The second-order valence-corrected chi connectivity index (χ2v) is 9.83. The van der Waals surface area contributed by atoms with Crippen molar-refractivity contribution in [2.24, 2.45) is 0 Å². The molecule has 2 aromatic rings. The van der Waals surface area contributed by atoms with Crippen molar-refractivity contribution in [3.05, 3.63) is 48.5 Å². The lowest BCUT2D eigenvalue weighted by atomic mass is 10.1. The van der Waals surface area contributed by atoms with Crippen molar-refractivity contribution in [2.75, 3.05) is 19.5 Å². The van der Waals surface area contributed by atoms with Crippen LogP contribution in [0.2, 0.25) is 0 Å². The third-order valence-corrected chi connectivity index (χ3v) is 7.06. The predicted octanol–water partition coefficient (Wildman–Crippen LogP) is 2.92. The normalized spacial score (nSPS) is 21.4. The van der Waals surface area contributed by atoms with Crippen LogP contribution < -0.4 is 15.4 Å². The standard InChI is InChI=1S/C23H28N2O6S/c1-16-15-31-18-9-7-8-17(14-18)19-10-3-4-12-21(19)32(28,29)13-6-5-11-20(22(26)24-16)25-23(27)30-2/h3-4,7-10,12,14,16,20H,5-6,11,13,15H2,1-2H3,(H,24,26)(H,25,27)/t16-,20+/m1/s1. The molecular weight excluding hydrogens is 432 g/mol. The molecule has 1 aliphatic heterocycles. The Balaban J connectivity index is 1.93. The van der Waals surface area contributed by atoms with E-state index in [1.165, 1.54) is 7.11 Å². The number of fused-ring (bicyclic) bond motifs is 4. The quantitative estimate of drug-likeness (QED) is 0.677. The van der Waals surface area contributed by atoms with Gasteiger partial charge in [0.15, 0.2) is 9.84 Å². The smallest absolute Gasteiger partial charge is 0.407 e. The predicted molar refractivity (Wildman–Crippen MR) is 120 cm³/mol. The summed E-state index contributed by atoms with van der Waals surface area (Å²) in [4.78, 5) is 24.6. The number of carbonyl (C=O) groups is 2. The molecule has 0 saturated heterocycles. The summed E-state index contributed by atoms with van der Waals surface area (Å²) in [6.07, 6.45) is 0.346. The molecule has 2 bridgehead atoms. The molecule has 1 heterocycles. The van der Waals surface area contributed by atoms with Crippen LogP contribution in [-0.2, 0) is 19.4 Å². The van der Waals surface area contributed by atoms with E-state index >= 15 is 0 Å². The first-order valence-corrected chi connectivity index (χ1v) is 12.2. The number of ether oxygens (including phenoxy) is 2. The van der Waals surface area contributed by atoms with E-state index in [9.17, 15) is 18.0 Å². The van der Waals surface area contributed by atoms with Crippen LogP contribution in [0, 0.1) is 0 Å². The van der Waals surface area contributed by atoms with Crippen molar-refractivity contribution in [2.45, 2.75) is 43.2 Å². The number of nitrogens with one attached hydrogen (secondary N) is 2. The van der Waals surface area contributed by atoms with Crippen LogP contribution in [0.4, 0.5) is 4.79 Å². The minimum atomic E-state index is -3.56. The summed E-state index contributed by atoms with van der Waals surface area (Å²) in [5.41, 5.74) is 1.37. The van der Waals surface area contributed by atoms with Crippen molar-refractivity contribution in [3.8, 4) is 16.9 Å². The van der Waals surface area contributed by atoms with Crippen molar-refractivity contribution in [1.29, 1.82) is 0 Å². The molecule has 2 atom stereocenters. The summed E-state index contributed by atoms with van der Waals surface area (Å²) >= 11 is 0. The molecule has 32 heavy (non-hydrogen) atoms. The first-order chi connectivity index (χ1) is 15.3. The maximum Gasteiger partial charge on any atom is 0.407 e. The van der Waals surface area contributed by atoms with Gasteiger partial charge in [-0.15, -0.1) is 0 Å². The Bertz CT molecular complexity index is 1070. The molecule has 2 amide bonds. The SMILES string of the molecule is COC(=O)N[C@H]1CCCCS(=O)(=O)c2ccccc2-c2cccc(c2)OC[C@@H](C)NC1=O. The van der Waals surface area contributed by atoms with Crippen molar-refractivity contribution in [3.63, 3.8) is 0 Å². The maximum atomic E-state index is 13.1. The molecule has 1 aliphatic rings. The zero-order valence-electron chi connectivity index (χ0n) is 18.2. The van der Waals surface area contributed by atoms with E-state index in [0.29, 0.717) is 24.2 Å². The fourth-order valence-corrected chi connectivity index (χ4v) is 5.17. The lowest BCUT2D eigenvalue weighted by molar-refractivity contribution is -0.124. The Labute approximate surface area is 188 Å². The van der Waals surface area contributed by atoms with Crippen LogP contribution in [0.3, 0.4) is 0 Å². The molecule has 172 valence electrons. The average Bonchev–Trinajstić information content (AvgIpc) is 2.79. The summed E-state index contributed by atoms with van der Waals surface area (Å²) in [5, 5.41) is 5.35. The van der Waals surface area contributed by atoms with Crippen LogP contribution in [0.5, 0.6) is 5.75 Å².